The van der Waals surface area contributed by atoms with Crippen LogP contribution in [0.4, 0.5) is 17.1 Å². The molecule has 58 heavy (non-hydrogen) atoms. The minimum atomic E-state index is 0.869. The maximum absolute atomic E-state index is 7.05. The Kier molecular flexibility index (Phi) is 7.62. The lowest BCUT2D eigenvalue weighted by molar-refractivity contribution is 0.670. The third kappa shape index (κ3) is 5.23. The maximum Gasteiger partial charge on any atom is 0.145 e. The molecule has 0 saturated carbocycles. The van der Waals surface area contributed by atoms with E-state index in [2.05, 4.69) is 205 Å². The van der Waals surface area contributed by atoms with Crippen molar-refractivity contribution in [1.82, 2.24) is 0 Å². The van der Waals surface area contributed by atoms with Gasteiger partial charge in [-0.3, -0.25) is 0 Å². The molecule has 4 heteroatoms. The molecule has 272 valence electrons. The van der Waals surface area contributed by atoms with Gasteiger partial charge in [-0.05, 0) is 82.4 Å². The van der Waals surface area contributed by atoms with Gasteiger partial charge >= 0.3 is 0 Å². The Morgan fingerprint density at radius 2 is 1.00 bits per heavy atom. The van der Waals surface area contributed by atoms with Gasteiger partial charge in [0.25, 0.3) is 0 Å². The molecule has 3 heterocycles. The van der Waals surface area contributed by atoms with Crippen molar-refractivity contribution in [2.45, 2.75) is 0 Å². The van der Waals surface area contributed by atoms with E-state index in [4.69, 9.17) is 4.42 Å². The first kappa shape index (κ1) is 33.2. The average molecular weight is 776 g/mol. The van der Waals surface area contributed by atoms with Gasteiger partial charge in [-0.2, -0.15) is 0 Å². The molecular formula is C54H33NOS2. The number of fused-ring (bicyclic) bond motifs is 9. The first-order chi connectivity index (χ1) is 28.8. The van der Waals surface area contributed by atoms with Gasteiger partial charge in [0.1, 0.15) is 11.2 Å². The number of rotatable bonds is 6. The lowest BCUT2D eigenvalue weighted by Crippen LogP contribution is -2.10. The van der Waals surface area contributed by atoms with E-state index in [0.29, 0.717) is 0 Å². The highest BCUT2D eigenvalue weighted by molar-refractivity contribution is 7.26. The summed E-state index contributed by atoms with van der Waals surface area (Å²) in [6, 6.07) is 72.5. The number of nitrogens with zero attached hydrogens (tertiary/aromatic N) is 1. The second kappa shape index (κ2) is 13.3. The zero-order chi connectivity index (χ0) is 38.2. The Labute approximate surface area is 343 Å². The molecule has 0 aliphatic carbocycles. The molecule has 12 rings (SSSR count). The van der Waals surface area contributed by atoms with Gasteiger partial charge in [-0.15, -0.1) is 22.7 Å². The van der Waals surface area contributed by atoms with Crippen LogP contribution in [0.25, 0.3) is 95.7 Å². The Morgan fingerprint density at radius 1 is 0.362 bits per heavy atom. The molecule has 0 atom stereocenters. The van der Waals surface area contributed by atoms with Gasteiger partial charge in [-0.1, -0.05) is 146 Å². The van der Waals surface area contributed by atoms with E-state index in [0.717, 1.165) is 61.3 Å². The minimum absolute atomic E-state index is 0.869. The van der Waals surface area contributed by atoms with Crippen molar-refractivity contribution in [3.8, 4) is 33.4 Å². The van der Waals surface area contributed by atoms with Crippen molar-refractivity contribution in [1.29, 1.82) is 0 Å². The van der Waals surface area contributed by atoms with Gasteiger partial charge < -0.3 is 9.32 Å². The Hall–Kier alpha value is -6.98. The number of thiophene rings is 2. The molecule has 0 aliphatic rings. The summed E-state index contributed by atoms with van der Waals surface area (Å²) in [5.41, 5.74) is 12.1. The number of hydrogen-bond donors (Lipinski definition) is 0. The summed E-state index contributed by atoms with van der Waals surface area (Å²) < 4.78 is 12.2. The fourth-order valence-electron chi connectivity index (χ4n) is 8.79. The first-order valence-electron chi connectivity index (χ1n) is 19.6. The van der Waals surface area contributed by atoms with Crippen LogP contribution in [0.2, 0.25) is 0 Å². The second-order valence-corrected chi connectivity index (χ2v) is 16.9. The molecule has 9 aromatic carbocycles. The molecule has 0 saturated heterocycles. The molecule has 0 N–H and O–H groups in total. The van der Waals surface area contributed by atoms with Gasteiger partial charge in [-0.25, -0.2) is 0 Å². The van der Waals surface area contributed by atoms with Crippen LogP contribution in [0.3, 0.4) is 0 Å². The fourth-order valence-corrected chi connectivity index (χ4v) is 11.2. The van der Waals surface area contributed by atoms with Gasteiger partial charge in [0, 0.05) is 52.3 Å². The molecular weight excluding hydrogens is 743 g/mol. The van der Waals surface area contributed by atoms with Crippen LogP contribution in [-0.4, -0.2) is 0 Å². The molecule has 0 fully saturated rings. The highest BCUT2D eigenvalue weighted by atomic mass is 32.1. The molecule has 0 unspecified atom stereocenters. The summed E-state index contributed by atoms with van der Waals surface area (Å²) in [5.74, 6) is 0. The quantitative estimate of drug-likeness (QED) is 0.167. The summed E-state index contributed by atoms with van der Waals surface area (Å²) in [7, 11) is 0. The highest BCUT2D eigenvalue weighted by Gasteiger charge is 2.25. The molecule has 0 bridgehead atoms. The molecule has 0 spiro atoms. The summed E-state index contributed by atoms with van der Waals surface area (Å²) in [6.45, 7) is 0. The van der Waals surface area contributed by atoms with Crippen LogP contribution in [-0.2, 0) is 0 Å². The predicted molar refractivity (Wildman–Crippen MR) is 250 cm³/mol. The van der Waals surface area contributed by atoms with Gasteiger partial charge in [0.2, 0.25) is 0 Å². The van der Waals surface area contributed by atoms with E-state index >= 15 is 0 Å². The second-order valence-electron chi connectivity index (χ2n) is 14.8. The van der Waals surface area contributed by atoms with E-state index in [1.54, 1.807) is 0 Å². The monoisotopic (exact) mass is 775 g/mol. The standard InChI is InChI=1S/C54H33NOS2/c1-4-14-34(15-5-1)37-26-28-44-48(32-37)56-52-39(35-16-6-2-7-17-35)29-30-46(51(44)52)55(47-24-13-23-42-41-20-10-11-25-49(41)58-54(42)47)38-27-31-50-45(33-38)43-22-12-21-40(53(43)57-50)36-18-8-3-9-19-36/h1-33H. The van der Waals surface area contributed by atoms with Gasteiger partial charge in [0.05, 0.1) is 21.5 Å². The zero-order valence-electron chi connectivity index (χ0n) is 31.2. The van der Waals surface area contributed by atoms with Gasteiger partial charge in [0.15, 0.2) is 0 Å². The summed E-state index contributed by atoms with van der Waals surface area (Å²) >= 11 is 3.74. The third-order valence-electron chi connectivity index (χ3n) is 11.5. The van der Waals surface area contributed by atoms with Crippen LogP contribution in [0.1, 0.15) is 0 Å². The fraction of sp³-hybridized carbons (Fsp3) is 0. The Bertz CT molecular complexity index is 3510. The number of benzene rings is 9. The van der Waals surface area contributed by atoms with Crippen LogP contribution >= 0.6 is 22.7 Å². The van der Waals surface area contributed by atoms with Crippen molar-refractivity contribution in [2.75, 3.05) is 4.90 Å². The number of hydrogen-bond acceptors (Lipinski definition) is 4. The smallest absolute Gasteiger partial charge is 0.145 e. The van der Waals surface area contributed by atoms with Crippen LogP contribution in [0, 0.1) is 0 Å². The molecule has 12 aromatic rings. The molecule has 0 amide bonds. The van der Waals surface area contributed by atoms with Crippen LogP contribution in [0.15, 0.2) is 205 Å². The summed E-state index contributed by atoms with van der Waals surface area (Å²) in [4.78, 5) is 2.48. The van der Waals surface area contributed by atoms with E-state index in [1.807, 2.05) is 22.7 Å². The number of furan rings is 1. The lowest BCUT2D eigenvalue weighted by Gasteiger charge is -2.27. The molecule has 3 aromatic heterocycles. The van der Waals surface area contributed by atoms with Crippen molar-refractivity contribution in [2.24, 2.45) is 0 Å². The zero-order valence-corrected chi connectivity index (χ0v) is 32.9. The first-order valence-corrected chi connectivity index (χ1v) is 21.2. The van der Waals surface area contributed by atoms with E-state index in [1.165, 1.54) is 51.5 Å². The molecule has 2 nitrogen and oxygen atoms in total. The molecule has 0 aliphatic heterocycles. The van der Waals surface area contributed by atoms with Crippen LogP contribution in [0.5, 0.6) is 0 Å². The van der Waals surface area contributed by atoms with Crippen molar-refractivity contribution in [3.63, 3.8) is 0 Å². The predicted octanol–water partition coefficient (Wildman–Crippen LogP) is 16.8. The van der Waals surface area contributed by atoms with E-state index < -0.39 is 0 Å². The lowest BCUT2D eigenvalue weighted by atomic mass is 9.98. The SMILES string of the molecule is c1ccc(-c2ccc3c(c2)oc2c(-c4ccccc4)ccc(N(c4ccc5sc6c(-c7ccccc7)cccc6c5c4)c4cccc5c4sc4ccccc45)c23)cc1. The Balaban J connectivity index is 1.16. The normalized spacial score (nSPS) is 11.8. The highest BCUT2D eigenvalue weighted by Crippen LogP contribution is 2.51. The van der Waals surface area contributed by atoms with Crippen LogP contribution < -0.4 is 4.90 Å². The number of anilines is 3. The van der Waals surface area contributed by atoms with Crippen molar-refractivity contribution < 1.29 is 4.42 Å². The van der Waals surface area contributed by atoms with E-state index in [-0.39, 0.29) is 0 Å². The summed E-state index contributed by atoms with van der Waals surface area (Å²) in [6.07, 6.45) is 0. The molecule has 0 radical (unpaired) electrons. The third-order valence-corrected chi connectivity index (χ3v) is 13.9. The van der Waals surface area contributed by atoms with E-state index in [9.17, 15) is 0 Å². The average Bonchev–Trinajstić information content (AvgIpc) is 3.99. The van der Waals surface area contributed by atoms with Crippen molar-refractivity contribution in [3.05, 3.63) is 200 Å². The topological polar surface area (TPSA) is 16.4 Å². The Morgan fingerprint density at radius 3 is 1.79 bits per heavy atom. The summed E-state index contributed by atoms with van der Waals surface area (Å²) in [5, 5.41) is 7.25. The largest absolute Gasteiger partial charge is 0.455 e. The minimum Gasteiger partial charge on any atom is -0.455 e. The maximum atomic E-state index is 7.05. The van der Waals surface area contributed by atoms with Crippen molar-refractivity contribution >= 4 is 102 Å².